The van der Waals surface area contributed by atoms with Gasteiger partial charge in [-0.05, 0) is 17.6 Å². The monoisotopic (exact) mass is 208 g/mol. The summed E-state index contributed by atoms with van der Waals surface area (Å²) in [4.78, 5) is 6.39. The molecule has 2 N–H and O–H groups in total. The van der Waals surface area contributed by atoms with Crippen LogP contribution >= 0.6 is 11.5 Å². The zero-order valence-corrected chi connectivity index (χ0v) is 8.79. The van der Waals surface area contributed by atoms with Crippen molar-refractivity contribution in [2.24, 2.45) is 5.73 Å². The van der Waals surface area contributed by atoms with Gasteiger partial charge in [-0.15, -0.1) is 0 Å². The maximum atomic E-state index is 5.50. The van der Waals surface area contributed by atoms with Crippen LogP contribution in [0.25, 0.3) is 10.1 Å². The Morgan fingerprint density at radius 1 is 1.57 bits per heavy atom. The number of hydrogen-bond acceptors (Lipinski definition) is 5. The number of pyridine rings is 1. The Balaban J connectivity index is 2.45. The van der Waals surface area contributed by atoms with Crippen molar-refractivity contribution >= 4 is 27.4 Å². The third kappa shape index (κ3) is 1.56. The lowest BCUT2D eigenvalue weighted by Gasteiger charge is -2.17. The minimum absolute atomic E-state index is 0.631. The summed E-state index contributed by atoms with van der Waals surface area (Å²) in [6, 6.07) is 1.98. The smallest absolute Gasteiger partial charge is 0.138 e. The maximum Gasteiger partial charge on any atom is 0.138 e. The molecule has 0 aliphatic carbocycles. The van der Waals surface area contributed by atoms with E-state index in [2.05, 4.69) is 14.3 Å². The third-order valence-corrected chi connectivity index (χ3v) is 2.85. The Morgan fingerprint density at radius 3 is 3.21 bits per heavy atom. The van der Waals surface area contributed by atoms with Crippen molar-refractivity contribution in [1.29, 1.82) is 0 Å². The standard InChI is InChI=1S/C9H12N4S/c1-13(5-3-10)9-7-6-12-14-8(7)2-4-11-9/h2,4,6H,3,5,10H2,1H3. The Labute approximate surface area is 86.5 Å². The molecule has 0 aliphatic rings. The lowest BCUT2D eigenvalue weighted by Crippen LogP contribution is -2.25. The first-order valence-corrected chi connectivity index (χ1v) is 5.21. The van der Waals surface area contributed by atoms with Gasteiger partial charge in [0.15, 0.2) is 0 Å². The lowest BCUT2D eigenvalue weighted by atomic mass is 10.3. The second-order valence-corrected chi connectivity index (χ2v) is 3.92. The number of nitrogens with two attached hydrogens (primary N) is 1. The van der Waals surface area contributed by atoms with E-state index in [1.807, 2.05) is 25.5 Å². The zero-order valence-electron chi connectivity index (χ0n) is 7.97. The predicted molar refractivity (Wildman–Crippen MR) is 59.7 cm³/mol. The Morgan fingerprint density at radius 2 is 2.43 bits per heavy atom. The van der Waals surface area contributed by atoms with Crippen LogP contribution in [0.1, 0.15) is 0 Å². The first-order chi connectivity index (χ1) is 6.83. The van der Waals surface area contributed by atoms with E-state index in [4.69, 9.17) is 5.73 Å². The average molecular weight is 208 g/mol. The molecule has 2 aromatic rings. The molecule has 0 radical (unpaired) electrons. The van der Waals surface area contributed by atoms with Crippen molar-refractivity contribution < 1.29 is 0 Å². The van der Waals surface area contributed by atoms with Crippen LogP contribution in [0.15, 0.2) is 18.5 Å². The van der Waals surface area contributed by atoms with E-state index in [0.717, 1.165) is 17.7 Å². The molecule has 0 saturated heterocycles. The second kappa shape index (κ2) is 3.89. The highest BCUT2D eigenvalue weighted by atomic mass is 32.1. The van der Waals surface area contributed by atoms with Gasteiger partial charge in [-0.2, -0.15) is 4.37 Å². The van der Waals surface area contributed by atoms with Crippen molar-refractivity contribution in [3.63, 3.8) is 0 Å². The minimum Gasteiger partial charge on any atom is -0.358 e. The summed E-state index contributed by atoms with van der Waals surface area (Å²) in [6.07, 6.45) is 3.66. The van der Waals surface area contributed by atoms with E-state index in [1.165, 1.54) is 16.2 Å². The van der Waals surface area contributed by atoms with Crippen molar-refractivity contribution in [3.8, 4) is 0 Å². The third-order valence-electron chi connectivity index (χ3n) is 2.09. The van der Waals surface area contributed by atoms with E-state index < -0.39 is 0 Å². The van der Waals surface area contributed by atoms with Crippen molar-refractivity contribution in [2.45, 2.75) is 0 Å². The SMILES string of the molecule is CN(CCN)c1nccc2sncc12. The average Bonchev–Trinajstić information content (AvgIpc) is 2.65. The summed E-state index contributed by atoms with van der Waals surface area (Å²) in [5.41, 5.74) is 5.50. The fourth-order valence-electron chi connectivity index (χ4n) is 1.39. The lowest BCUT2D eigenvalue weighted by molar-refractivity contribution is 0.873. The second-order valence-electron chi connectivity index (χ2n) is 3.08. The van der Waals surface area contributed by atoms with E-state index in [0.29, 0.717) is 6.54 Å². The molecule has 0 bridgehead atoms. The van der Waals surface area contributed by atoms with Crippen LogP contribution in [0.2, 0.25) is 0 Å². The van der Waals surface area contributed by atoms with Crippen LogP contribution in [0.5, 0.6) is 0 Å². The molecular weight excluding hydrogens is 196 g/mol. The highest BCUT2D eigenvalue weighted by molar-refractivity contribution is 7.13. The van der Waals surface area contributed by atoms with Crippen LogP contribution < -0.4 is 10.6 Å². The number of nitrogens with zero attached hydrogens (tertiary/aromatic N) is 3. The minimum atomic E-state index is 0.631. The summed E-state index contributed by atoms with van der Waals surface area (Å²) in [6.45, 7) is 1.44. The molecule has 0 saturated carbocycles. The van der Waals surface area contributed by atoms with Gasteiger partial charge in [0.05, 0.1) is 16.3 Å². The van der Waals surface area contributed by atoms with Gasteiger partial charge in [0, 0.05) is 26.3 Å². The van der Waals surface area contributed by atoms with Gasteiger partial charge in [0.1, 0.15) is 5.82 Å². The molecule has 0 fully saturated rings. The highest BCUT2D eigenvalue weighted by Gasteiger charge is 2.07. The van der Waals surface area contributed by atoms with Gasteiger partial charge < -0.3 is 10.6 Å². The first kappa shape index (κ1) is 9.36. The summed E-state index contributed by atoms with van der Waals surface area (Å²) < 4.78 is 5.31. The Hall–Kier alpha value is -1.20. The molecule has 0 aromatic carbocycles. The largest absolute Gasteiger partial charge is 0.358 e. The molecule has 2 heterocycles. The van der Waals surface area contributed by atoms with E-state index in [1.54, 1.807) is 0 Å². The zero-order chi connectivity index (χ0) is 9.97. The molecule has 2 rings (SSSR count). The number of fused-ring (bicyclic) bond motifs is 1. The van der Waals surface area contributed by atoms with Gasteiger partial charge in [-0.25, -0.2) is 4.98 Å². The quantitative estimate of drug-likeness (QED) is 0.820. The van der Waals surface area contributed by atoms with E-state index >= 15 is 0 Å². The maximum absolute atomic E-state index is 5.50. The van der Waals surface area contributed by atoms with Crippen molar-refractivity contribution in [3.05, 3.63) is 18.5 Å². The Kier molecular flexibility index (Phi) is 2.60. The van der Waals surface area contributed by atoms with Crippen molar-refractivity contribution in [2.75, 3.05) is 25.0 Å². The molecule has 0 unspecified atom stereocenters. The first-order valence-electron chi connectivity index (χ1n) is 4.43. The van der Waals surface area contributed by atoms with Crippen LogP contribution in [0.3, 0.4) is 0 Å². The molecule has 2 aromatic heterocycles. The molecule has 14 heavy (non-hydrogen) atoms. The summed E-state index contributed by atoms with van der Waals surface area (Å²) in [5, 5.41) is 1.11. The van der Waals surface area contributed by atoms with Gasteiger partial charge in [0.25, 0.3) is 0 Å². The molecule has 74 valence electrons. The van der Waals surface area contributed by atoms with E-state index in [-0.39, 0.29) is 0 Å². The van der Waals surface area contributed by atoms with Crippen LogP contribution in [-0.4, -0.2) is 29.5 Å². The Bertz CT molecular complexity index is 425. The van der Waals surface area contributed by atoms with Crippen LogP contribution in [0, 0.1) is 0 Å². The number of rotatable bonds is 3. The normalized spacial score (nSPS) is 10.7. The molecule has 4 nitrogen and oxygen atoms in total. The van der Waals surface area contributed by atoms with Crippen molar-refractivity contribution in [1.82, 2.24) is 9.36 Å². The summed E-state index contributed by atoms with van der Waals surface area (Å²) >= 11 is 1.49. The van der Waals surface area contributed by atoms with Gasteiger partial charge in [-0.1, -0.05) is 0 Å². The molecule has 0 amide bonds. The predicted octanol–water partition coefficient (Wildman–Crippen LogP) is 1.09. The highest BCUT2D eigenvalue weighted by Crippen LogP contribution is 2.25. The molecule has 5 heteroatoms. The van der Waals surface area contributed by atoms with Gasteiger partial charge in [-0.3, -0.25) is 0 Å². The number of hydrogen-bond donors (Lipinski definition) is 1. The van der Waals surface area contributed by atoms with Gasteiger partial charge in [0.2, 0.25) is 0 Å². The number of anilines is 1. The molecular formula is C9H12N4S. The summed E-state index contributed by atoms with van der Waals surface area (Å²) in [5.74, 6) is 0.960. The fourth-order valence-corrected chi connectivity index (χ4v) is 2.02. The summed E-state index contributed by atoms with van der Waals surface area (Å²) in [7, 11) is 1.99. The van der Waals surface area contributed by atoms with Crippen LogP contribution in [-0.2, 0) is 0 Å². The van der Waals surface area contributed by atoms with Gasteiger partial charge >= 0.3 is 0 Å². The van der Waals surface area contributed by atoms with Crippen LogP contribution in [0.4, 0.5) is 5.82 Å². The number of aromatic nitrogens is 2. The number of likely N-dealkylation sites (N-methyl/N-ethyl adjacent to an activating group) is 1. The molecule has 0 spiro atoms. The fraction of sp³-hybridized carbons (Fsp3) is 0.333. The molecule has 0 atom stereocenters. The molecule has 0 aliphatic heterocycles. The topological polar surface area (TPSA) is 55.0 Å². The van der Waals surface area contributed by atoms with E-state index in [9.17, 15) is 0 Å².